The summed E-state index contributed by atoms with van der Waals surface area (Å²) in [5.74, 6) is 0. The second kappa shape index (κ2) is 10.6. The van der Waals surface area contributed by atoms with Gasteiger partial charge in [-0.3, -0.25) is 0 Å². The van der Waals surface area contributed by atoms with Crippen LogP contribution in [0.25, 0.3) is 11.1 Å². The molecule has 2 aliphatic rings. The van der Waals surface area contributed by atoms with Crippen molar-refractivity contribution < 1.29 is 51.0 Å². The van der Waals surface area contributed by atoms with E-state index in [1.165, 1.54) is 39.0 Å². The molecule has 0 fully saturated rings. The van der Waals surface area contributed by atoms with Gasteiger partial charge in [0.15, 0.2) is 0 Å². The molecule has 4 rings (SSSR count). The topological polar surface area (TPSA) is 20.3 Å². The quantitative estimate of drug-likeness (QED) is 0.539. The van der Waals surface area contributed by atoms with Crippen molar-refractivity contribution in [3.05, 3.63) is 82.4 Å². The van der Waals surface area contributed by atoms with E-state index in [-0.39, 0.29) is 52.1 Å². The van der Waals surface area contributed by atoms with Crippen LogP contribution in [0, 0.1) is 0 Å². The van der Waals surface area contributed by atoms with Crippen LogP contribution in [0.2, 0.25) is 6.04 Å². The van der Waals surface area contributed by atoms with Crippen LogP contribution >= 0.6 is 0 Å². The summed E-state index contributed by atoms with van der Waals surface area (Å²) >= 11 is 0. The zero-order valence-corrected chi connectivity index (χ0v) is 22.0. The normalized spacial score (nSPS) is 13.9. The van der Waals surface area contributed by atoms with Crippen LogP contribution in [0.3, 0.4) is 0 Å². The number of hydrogen-bond acceptors (Lipinski definition) is 1. The molecule has 0 heterocycles. The predicted molar refractivity (Wildman–Crippen MR) is 114 cm³/mol. The molecule has 0 spiro atoms. The van der Waals surface area contributed by atoms with Crippen molar-refractivity contribution in [1.82, 2.24) is 4.57 Å². The summed E-state index contributed by atoms with van der Waals surface area (Å²) in [6, 6.07) is 18.1. The Morgan fingerprint density at radius 2 is 1.47 bits per heavy atom. The summed E-state index contributed by atoms with van der Waals surface area (Å²) in [5.41, 5.74) is 9.32. The smallest absolute Gasteiger partial charge is 1.00 e. The Balaban J connectivity index is 0.00000150. The van der Waals surface area contributed by atoms with E-state index >= 15 is 0 Å². The first-order valence-electron chi connectivity index (χ1n) is 9.72. The zero-order valence-electron chi connectivity index (χ0n) is 17.9. The van der Waals surface area contributed by atoms with Gasteiger partial charge < -0.3 is 33.8 Å². The minimum Gasteiger partial charge on any atom is -1.00 e. The average Bonchev–Trinajstić information content (AvgIpc) is 2.98. The van der Waals surface area contributed by atoms with Crippen LogP contribution in [0.1, 0.15) is 49.4 Å². The van der Waals surface area contributed by atoms with Crippen molar-refractivity contribution in [2.24, 2.45) is 0 Å². The fourth-order valence-electron chi connectivity index (χ4n) is 4.10. The van der Waals surface area contributed by atoms with E-state index < -0.39 is 8.84 Å². The van der Waals surface area contributed by atoms with Crippen molar-refractivity contribution >= 4 is 20.0 Å². The van der Waals surface area contributed by atoms with E-state index in [1.807, 2.05) is 7.05 Å². The molecule has 0 atom stereocenters. The standard InChI is InChI=1S/C24H27NOSi.2ClH.Ti/c1-24(2,3)25(4)27(26)16-19-13-14-22-20-11-7-5-9-17(20)15-18-10-6-8-12-21(18)23(19)22;;;/h5-12,14H,13,15-16H2,1-4H3;2*1H;/q;;;+4/p-2. The van der Waals surface area contributed by atoms with Gasteiger partial charge in [0, 0.05) is 18.6 Å². The molecule has 0 saturated heterocycles. The monoisotopic (exact) mass is 491 g/mol. The molecule has 6 heteroatoms. The van der Waals surface area contributed by atoms with E-state index in [0.717, 1.165) is 12.8 Å². The third kappa shape index (κ3) is 5.08. The molecule has 0 aromatic heterocycles. The van der Waals surface area contributed by atoms with Crippen LogP contribution in [0.4, 0.5) is 0 Å². The summed E-state index contributed by atoms with van der Waals surface area (Å²) in [7, 11) is 0.137. The SMILES string of the molecule is CN([Si](=O)CC1=C2C(=CC1)c1ccccc1Cc1ccccc12)C(C)(C)C.[Cl-].[Cl-].[Ti+4]. The van der Waals surface area contributed by atoms with Crippen molar-refractivity contribution in [2.45, 2.75) is 45.2 Å². The van der Waals surface area contributed by atoms with Crippen molar-refractivity contribution in [3.63, 3.8) is 0 Å². The van der Waals surface area contributed by atoms with E-state index in [4.69, 9.17) is 0 Å². The zero-order chi connectivity index (χ0) is 19.2. The molecule has 30 heavy (non-hydrogen) atoms. The van der Waals surface area contributed by atoms with Gasteiger partial charge in [-0.05, 0) is 67.0 Å². The molecule has 0 aliphatic heterocycles. The summed E-state index contributed by atoms with van der Waals surface area (Å²) in [4.78, 5) is 0. The first-order valence-corrected chi connectivity index (χ1v) is 11.3. The van der Waals surface area contributed by atoms with Crippen LogP contribution in [0.5, 0.6) is 0 Å². The van der Waals surface area contributed by atoms with Crippen LogP contribution in [0.15, 0.2) is 60.2 Å². The first kappa shape index (κ1) is 27.1. The molecular weight excluding hydrogens is 465 g/mol. The number of hydrogen-bond donors (Lipinski definition) is 0. The predicted octanol–water partition coefficient (Wildman–Crippen LogP) is -0.514. The molecule has 0 bridgehead atoms. The Bertz CT molecular complexity index is 995. The molecule has 2 nitrogen and oxygen atoms in total. The first-order chi connectivity index (χ1) is 12.9. The maximum atomic E-state index is 13.1. The Morgan fingerprint density at radius 1 is 0.933 bits per heavy atom. The van der Waals surface area contributed by atoms with E-state index in [1.54, 1.807) is 0 Å². The van der Waals surface area contributed by atoms with Crippen molar-refractivity contribution in [1.29, 1.82) is 0 Å². The number of halogens is 2. The van der Waals surface area contributed by atoms with Gasteiger partial charge >= 0.3 is 30.6 Å². The molecule has 2 aromatic carbocycles. The molecule has 0 saturated carbocycles. The van der Waals surface area contributed by atoms with Gasteiger partial charge in [-0.2, -0.15) is 0 Å². The fraction of sp³-hybridized carbons (Fsp3) is 0.333. The summed E-state index contributed by atoms with van der Waals surface area (Å²) < 4.78 is 15.2. The molecule has 2 aromatic rings. The average molecular weight is 492 g/mol. The van der Waals surface area contributed by atoms with Gasteiger partial charge in [-0.15, -0.1) is 0 Å². The van der Waals surface area contributed by atoms with Crippen molar-refractivity contribution in [3.8, 4) is 0 Å². The van der Waals surface area contributed by atoms with Crippen LogP contribution in [-0.4, -0.2) is 26.0 Å². The van der Waals surface area contributed by atoms with Gasteiger partial charge in [0.2, 0.25) is 0 Å². The summed E-state index contributed by atoms with van der Waals surface area (Å²) in [6.45, 7) is 6.38. The van der Waals surface area contributed by atoms with Gasteiger partial charge in [-0.1, -0.05) is 60.2 Å². The van der Waals surface area contributed by atoms with E-state index in [2.05, 4.69) is 79.9 Å². The second-order valence-electron chi connectivity index (χ2n) is 8.59. The van der Waals surface area contributed by atoms with Gasteiger partial charge in [0.05, 0.1) is 0 Å². The van der Waals surface area contributed by atoms with Gasteiger partial charge in [0.1, 0.15) is 0 Å². The summed E-state index contributed by atoms with van der Waals surface area (Å²) in [5, 5.41) is 0. The third-order valence-corrected chi connectivity index (χ3v) is 8.04. The molecule has 0 radical (unpaired) electrons. The maximum absolute atomic E-state index is 13.1. The molecule has 0 amide bonds. The van der Waals surface area contributed by atoms with Crippen molar-refractivity contribution in [2.75, 3.05) is 7.05 Å². The van der Waals surface area contributed by atoms with Crippen LogP contribution in [-0.2, 0) is 32.6 Å². The second-order valence-corrected chi connectivity index (χ2v) is 10.4. The Hall–Kier alpha value is -0.969. The molecule has 0 unspecified atom stereocenters. The number of nitrogens with zero attached hydrogens (tertiary/aromatic N) is 1. The van der Waals surface area contributed by atoms with Gasteiger partial charge in [0.25, 0.3) is 0 Å². The molecule has 0 N–H and O–H groups in total. The summed E-state index contributed by atoms with van der Waals surface area (Å²) in [6.07, 6.45) is 4.21. The minimum absolute atomic E-state index is 0. The van der Waals surface area contributed by atoms with E-state index in [9.17, 15) is 4.46 Å². The third-order valence-electron chi connectivity index (χ3n) is 5.90. The minimum atomic E-state index is -1.86. The number of fused-ring (bicyclic) bond motifs is 5. The Kier molecular flexibility index (Phi) is 9.53. The Labute approximate surface area is 209 Å². The molecule has 154 valence electrons. The van der Waals surface area contributed by atoms with Crippen LogP contribution < -0.4 is 24.8 Å². The van der Waals surface area contributed by atoms with E-state index in [0.29, 0.717) is 6.04 Å². The number of benzene rings is 2. The largest absolute Gasteiger partial charge is 4.00 e. The van der Waals surface area contributed by atoms with Gasteiger partial charge in [-0.25, -0.2) is 0 Å². The molecular formula is C24H27Cl2NOSiTi+2. The maximum Gasteiger partial charge on any atom is 4.00 e. The fourth-order valence-corrected chi connectivity index (χ4v) is 5.77. The number of rotatable bonds is 3. The Morgan fingerprint density at radius 3 is 2.07 bits per heavy atom. The molecule has 2 aliphatic carbocycles. The number of allylic oxidation sites excluding steroid dienone is 4.